The highest BCUT2D eigenvalue weighted by atomic mass is 16.5. The number of hydrogen-bond donors (Lipinski definition) is 0. The van der Waals surface area contributed by atoms with E-state index >= 15 is 0 Å². The van der Waals surface area contributed by atoms with Crippen molar-refractivity contribution in [3.05, 3.63) is 35.4 Å². The van der Waals surface area contributed by atoms with Gasteiger partial charge in [0, 0.05) is 6.42 Å². The average molecular weight is 203 g/mol. The topological polar surface area (TPSA) is 30.8 Å². The summed E-state index contributed by atoms with van der Waals surface area (Å²) in [7, 11) is 1.64. The molecular weight excluding hydrogens is 190 g/mol. The van der Waals surface area contributed by atoms with Gasteiger partial charge in [-0.05, 0) is 11.1 Å². The smallest absolute Gasteiger partial charge is 0.210 e. The predicted molar refractivity (Wildman–Crippen MR) is 57.1 cm³/mol. The van der Waals surface area contributed by atoms with E-state index in [1.807, 2.05) is 0 Å². The van der Waals surface area contributed by atoms with E-state index in [0.717, 1.165) is 6.42 Å². The van der Waals surface area contributed by atoms with Crippen molar-refractivity contribution in [1.82, 2.24) is 0 Å². The molecule has 1 aliphatic carbocycles. The van der Waals surface area contributed by atoms with Crippen molar-refractivity contribution in [2.45, 2.75) is 18.6 Å². The molecule has 0 aromatic heterocycles. The first kappa shape index (κ1) is 8.92. The van der Waals surface area contributed by atoms with Gasteiger partial charge in [0.2, 0.25) is 5.90 Å². The Labute approximate surface area is 88.7 Å². The lowest BCUT2D eigenvalue weighted by molar-refractivity contribution is 0.0485. The minimum Gasteiger partial charge on any atom is -0.483 e. The Morgan fingerprint density at radius 2 is 2.27 bits per heavy atom. The molecule has 0 saturated carbocycles. The van der Waals surface area contributed by atoms with E-state index in [1.54, 1.807) is 7.11 Å². The monoisotopic (exact) mass is 203 g/mol. The van der Waals surface area contributed by atoms with Crippen LogP contribution in [0.25, 0.3) is 0 Å². The van der Waals surface area contributed by atoms with E-state index in [-0.39, 0.29) is 12.1 Å². The summed E-state index contributed by atoms with van der Waals surface area (Å²) in [5, 5.41) is 0. The van der Waals surface area contributed by atoms with Gasteiger partial charge in [0.1, 0.15) is 12.6 Å². The molecule has 0 bridgehead atoms. The standard InChI is InChI=1S/C12H13NO2/c1-14-11-7-15-10-6-8-4-2-3-5-9(8)12(10)13-11/h2-5,10,12H,6-7H2,1H3. The molecule has 15 heavy (non-hydrogen) atoms. The van der Waals surface area contributed by atoms with Crippen LogP contribution < -0.4 is 0 Å². The summed E-state index contributed by atoms with van der Waals surface area (Å²) < 4.78 is 10.9. The Morgan fingerprint density at radius 1 is 1.40 bits per heavy atom. The highest BCUT2D eigenvalue weighted by Crippen LogP contribution is 2.37. The van der Waals surface area contributed by atoms with Crippen LogP contribution in [-0.4, -0.2) is 25.7 Å². The number of fused-ring (bicyclic) bond motifs is 3. The maximum Gasteiger partial charge on any atom is 0.210 e. The third-order valence-corrected chi connectivity index (χ3v) is 3.09. The van der Waals surface area contributed by atoms with Crippen molar-refractivity contribution in [3.8, 4) is 0 Å². The minimum absolute atomic E-state index is 0.143. The molecule has 1 aliphatic heterocycles. The van der Waals surface area contributed by atoms with Crippen LogP contribution in [-0.2, 0) is 15.9 Å². The first-order chi connectivity index (χ1) is 7.38. The van der Waals surface area contributed by atoms with E-state index in [9.17, 15) is 0 Å². The van der Waals surface area contributed by atoms with Gasteiger partial charge in [-0.3, -0.25) is 0 Å². The largest absolute Gasteiger partial charge is 0.483 e. The molecule has 0 N–H and O–H groups in total. The molecule has 1 aromatic carbocycles. The van der Waals surface area contributed by atoms with Crippen molar-refractivity contribution in [2.75, 3.05) is 13.7 Å². The zero-order valence-corrected chi connectivity index (χ0v) is 8.64. The lowest BCUT2D eigenvalue weighted by Gasteiger charge is -2.23. The molecule has 2 unspecified atom stereocenters. The molecule has 3 nitrogen and oxygen atoms in total. The maximum absolute atomic E-state index is 5.73. The molecule has 3 heteroatoms. The van der Waals surface area contributed by atoms with Gasteiger partial charge in [-0.15, -0.1) is 0 Å². The Morgan fingerprint density at radius 3 is 3.13 bits per heavy atom. The maximum atomic E-state index is 5.73. The second-order valence-electron chi connectivity index (χ2n) is 3.92. The fourth-order valence-electron chi connectivity index (χ4n) is 2.32. The van der Waals surface area contributed by atoms with Gasteiger partial charge in [-0.25, -0.2) is 4.99 Å². The molecule has 1 aromatic rings. The van der Waals surface area contributed by atoms with Crippen LogP contribution in [0.2, 0.25) is 0 Å². The summed E-state index contributed by atoms with van der Waals surface area (Å²) in [5.41, 5.74) is 2.64. The number of rotatable bonds is 0. The van der Waals surface area contributed by atoms with Gasteiger partial charge in [0.15, 0.2) is 0 Å². The number of aliphatic imine (C=N–C) groups is 1. The highest BCUT2D eigenvalue weighted by molar-refractivity contribution is 5.78. The summed E-state index contributed by atoms with van der Waals surface area (Å²) in [5.74, 6) is 0.702. The van der Waals surface area contributed by atoms with Gasteiger partial charge in [-0.2, -0.15) is 0 Å². The van der Waals surface area contributed by atoms with Gasteiger partial charge < -0.3 is 9.47 Å². The van der Waals surface area contributed by atoms with E-state index < -0.39 is 0 Å². The van der Waals surface area contributed by atoms with Crippen LogP contribution in [0.1, 0.15) is 17.2 Å². The first-order valence-electron chi connectivity index (χ1n) is 5.18. The third kappa shape index (κ3) is 1.35. The molecule has 0 spiro atoms. The van der Waals surface area contributed by atoms with E-state index in [1.165, 1.54) is 11.1 Å². The molecule has 0 saturated heterocycles. The molecule has 0 radical (unpaired) electrons. The van der Waals surface area contributed by atoms with Crippen LogP contribution in [0.15, 0.2) is 29.3 Å². The van der Waals surface area contributed by atoms with E-state index in [0.29, 0.717) is 12.5 Å². The second-order valence-corrected chi connectivity index (χ2v) is 3.92. The van der Waals surface area contributed by atoms with Crippen LogP contribution in [0.4, 0.5) is 0 Å². The fraction of sp³-hybridized carbons (Fsp3) is 0.417. The lowest BCUT2D eigenvalue weighted by atomic mass is 10.1. The predicted octanol–water partition coefficient (Wildman–Crippen LogP) is 1.73. The molecule has 78 valence electrons. The molecule has 0 amide bonds. The third-order valence-electron chi connectivity index (χ3n) is 3.09. The molecule has 2 atom stereocenters. The lowest BCUT2D eigenvalue weighted by Crippen LogP contribution is -2.28. The summed E-state index contributed by atoms with van der Waals surface area (Å²) in [6, 6.07) is 8.55. The zero-order valence-electron chi connectivity index (χ0n) is 8.64. The van der Waals surface area contributed by atoms with Crippen molar-refractivity contribution in [2.24, 2.45) is 4.99 Å². The SMILES string of the molecule is COC1=NC2c3ccccc3CC2OC1. The number of hydrogen-bond acceptors (Lipinski definition) is 3. The summed E-state index contributed by atoms with van der Waals surface area (Å²) in [6.07, 6.45) is 1.18. The Bertz CT molecular complexity index is 414. The number of methoxy groups -OCH3 is 1. The molecular formula is C12H13NO2. The van der Waals surface area contributed by atoms with Crippen LogP contribution >= 0.6 is 0 Å². The van der Waals surface area contributed by atoms with Crippen molar-refractivity contribution in [1.29, 1.82) is 0 Å². The van der Waals surface area contributed by atoms with Crippen molar-refractivity contribution < 1.29 is 9.47 Å². The minimum atomic E-state index is 0.143. The highest BCUT2D eigenvalue weighted by Gasteiger charge is 2.36. The van der Waals surface area contributed by atoms with Gasteiger partial charge in [-0.1, -0.05) is 24.3 Å². The fourth-order valence-corrected chi connectivity index (χ4v) is 2.32. The molecule has 3 rings (SSSR count). The Hall–Kier alpha value is -1.35. The first-order valence-corrected chi connectivity index (χ1v) is 5.18. The summed E-state index contributed by atoms with van der Waals surface area (Å²) in [4.78, 5) is 4.57. The van der Waals surface area contributed by atoms with Gasteiger partial charge >= 0.3 is 0 Å². The van der Waals surface area contributed by atoms with Crippen molar-refractivity contribution in [3.63, 3.8) is 0 Å². The van der Waals surface area contributed by atoms with Crippen LogP contribution in [0.3, 0.4) is 0 Å². The van der Waals surface area contributed by atoms with Crippen LogP contribution in [0, 0.1) is 0 Å². The summed E-state index contributed by atoms with van der Waals surface area (Å²) >= 11 is 0. The normalized spacial score (nSPS) is 27.9. The van der Waals surface area contributed by atoms with E-state index in [4.69, 9.17) is 9.47 Å². The summed E-state index contributed by atoms with van der Waals surface area (Å²) in [6.45, 7) is 0.506. The molecule has 1 heterocycles. The second kappa shape index (κ2) is 3.35. The number of ether oxygens (including phenoxy) is 2. The van der Waals surface area contributed by atoms with Gasteiger partial charge in [0.05, 0.1) is 13.2 Å². The van der Waals surface area contributed by atoms with E-state index in [2.05, 4.69) is 29.3 Å². The molecule has 2 aliphatic rings. The van der Waals surface area contributed by atoms with Crippen LogP contribution in [0.5, 0.6) is 0 Å². The Kier molecular flexibility index (Phi) is 1.99. The quantitative estimate of drug-likeness (QED) is 0.643. The Balaban J connectivity index is 2.01. The average Bonchev–Trinajstić information content (AvgIpc) is 2.66. The number of benzene rings is 1. The van der Waals surface area contributed by atoms with Gasteiger partial charge in [0.25, 0.3) is 0 Å². The molecule has 0 fully saturated rings. The van der Waals surface area contributed by atoms with Crippen molar-refractivity contribution >= 4 is 5.90 Å². The number of nitrogens with zero attached hydrogens (tertiary/aromatic N) is 1. The zero-order chi connectivity index (χ0) is 10.3.